The normalized spacial score (nSPS) is 11.4. The van der Waals surface area contributed by atoms with Crippen LogP contribution in [0.4, 0.5) is 0 Å². The summed E-state index contributed by atoms with van der Waals surface area (Å²) in [5.41, 5.74) is 2.73. The van der Waals surface area contributed by atoms with Gasteiger partial charge in [-0.25, -0.2) is 9.55 Å². The first-order valence-corrected chi connectivity index (χ1v) is 7.30. The van der Waals surface area contributed by atoms with Gasteiger partial charge in [0.05, 0.1) is 12.4 Å². The van der Waals surface area contributed by atoms with Crippen LogP contribution in [-0.4, -0.2) is 10.1 Å². The molecule has 4 aromatic rings. The molecule has 23 heavy (non-hydrogen) atoms. The summed E-state index contributed by atoms with van der Waals surface area (Å²) in [7, 11) is 1.91. The molecule has 2 N–H and O–H groups in total. The van der Waals surface area contributed by atoms with E-state index in [9.17, 15) is 9.90 Å². The molecule has 0 spiro atoms. The van der Waals surface area contributed by atoms with E-state index >= 15 is 0 Å². The first-order valence-electron chi connectivity index (χ1n) is 7.30. The van der Waals surface area contributed by atoms with Crippen molar-refractivity contribution in [3.63, 3.8) is 0 Å². The highest BCUT2D eigenvalue weighted by Crippen LogP contribution is 2.25. The molecule has 2 aromatic carbocycles. The molecule has 4 rings (SSSR count). The molecular weight excluding hydrogens is 292 g/mol. The summed E-state index contributed by atoms with van der Waals surface area (Å²) < 4.78 is 7.71. The van der Waals surface area contributed by atoms with E-state index in [4.69, 9.17) is 4.42 Å². The van der Waals surface area contributed by atoms with Crippen LogP contribution < -0.4 is 10.00 Å². The zero-order chi connectivity index (χ0) is 16.1. The zero-order valence-corrected chi connectivity index (χ0v) is 12.8. The number of imidazole rings is 1. The van der Waals surface area contributed by atoms with E-state index in [-0.39, 0.29) is 11.2 Å². The molecule has 0 aliphatic carbocycles. The lowest BCUT2D eigenvalue weighted by Gasteiger charge is -2.04. The predicted molar refractivity (Wildman–Crippen MR) is 87.4 cm³/mol. The van der Waals surface area contributed by atoms with Crippen molar-refractivity contribution in [1.29, 1.82) is 0 Å². The number of nitrogens with zero attached hydrogens (tertiary/aromatic N) is 1. The van der Waals surface area contributed by atoms with Crippen LogP contribution in [0.5, 0.6) is 5.75 Å². The molecule has 0 aliphatic heterocycles. The average Bonchev–Trinajstić information content (AvgIpc) is 2.84. The number of fused-ring (bicyclic) bond motifs is 2. The molecule has 5 heteroatoms. The summed E-state index contributed by atoms with van der Waals surface area (Å²) >= 11 is 0. The van der Waals surface area contributed by atoms with Crippen molar-refractivity contribution in [3.8, 4) is 17.1 Å². The Kier molecular flexibility index (Phi) is 2.78. The number of rotatable bonds is 1. The highest BCUT2D eigenvalue weighted by molar-refractivity contribution is 5.83. The molecule has 2 aromatic heterocycles. The Morgan fingerprint density at radius 2 is 1.96 bits per heavy atom. The summed E-state index contributed by atoms with van der Waals surface area (Å²) in [6.07, 6.45) is 0. The topological polar surface area (TPSA) is 70.1 Å². The highest BCUT2D eigenvalue weighted by atomic mass is 16.3. The summed E-state index contributed by atoms with van der Waals surface area (Å²) in [6, 6.07) is 12.4. The maximum absolute atomic E-state index is 12.9. The lowest BCUT2D eigenvalue weighted by molar-refractivity contribution is -0.633. The van der Waals surface area contributed by atoms with E-state index in [2.05, 4.69) is 4.98 Å². The highest BCUT2D eigenvalue weighted by Gasteiger charge is 2.24. The third-order valence-electron chi connectivity index (χ3n) is 4.14. The van der Waals surface area contributed by atoms with Gasteiger partial charge in [-0.05, 0) is 31.2 Å². The SMILES string of the molecule is Cc1oc2cc(O)ccc2c(=O)c1-c1[nH]c2ccccc2[n+]1C. The number of aromatic nitrogens is 2. The number of H-pyrrole nitrogens is 1. The number of hydrogen-bond acceptors (Lipinski definition) is 3. The van der Waals surface area contributed by atoms with Crippen LogP contribution in [-0.2, 0) is 7.05 Å². The van der Waals surface area contributed by atoms with Gasteiger partial charge in [-0.1, -0.05) is 12.1 Å². The molecule has 114 valence electrons. The third-order valence-corrected chi connectivity index (χ3v) is 4.14. The minimum Gasteiger partial charge on any atom is -0.508 e. The van der Waals surface area contributed by atoms with Gasteiger partial charge in [0.15, 0.2) is 11.0 Å². The van der Waals surface area contributed by atoms with Crippen LogP contribution in [0.3, 0.4) is 0 Å². The lowest BCUT2D eigenvalue weighted by Crippen LogP contribution is -2.31. The molecule has 0 saturated heterocycles. The molecule has 0 fully saturated rings. The van der Waals surface area contributed by atoms with Gasteiger partial charge < -0.3 is 9.52 Å². The van der Waals surface area contributed by atoms with Crippen molar-refractivity contribution in [2.45, 2.75) is 6.92 Å². The Morgan fingerprint density at radius 3 is 2.74 bits per heavy atom. The predicted octanol–water partition coefficient (Wildman–Crippen LogP) is 2.78. The molecule has 0 atom stereocenters. The molecule has 0 saturated carbocycles. The molecule has 5 nitrogen and oxygen atoms in total. The number of aryl methyl sites for hydroxylation is 2. The Labute approximate surface area is 131 Å². The summed E-state index contributed by atoms with van der Waals surface area (Å²) in [5.74, 6) is 1.28. The van der Waals surface area contributed by atoms with Crippen molar-refractivity contribution in [2.24, 2.45) is 7.05 Å². The van der Waals surface area contributed by atoms with Gasteiger partial charge in [0, 0.05) is 6.07 Å². The first-order chi connectivity index (χ1) is 11.1. The second-order valence-corrected chi connectivity index (χ2v) is 5.59. The average molecular weight is 307 g/mol. The number of phenolic OH excluding ortho intramolecular Hbond substituents is 1. The monoisotopic (exact) mass is 307 g/mol. The van der Waals surface area contributed by atoms with Crippen LogP contribution >= 0.6 is 0 Å². The Bertz CT molecular complexity index is 1120. The molecular formula is C18H15N2O3+. The maximum atomic E-state index is 12.9. The van der Waals surface area contributed by atoms with Crippen molar-refractivity contribution in [3.05, 3.63) is 58.4 Å². The van der Waals surface area contributed by atoms with Gasteiger partial charge >= 0.3 is 0 Å². The smallest absolute Gasteiger partial charge is 0.294 e. The van der Waals surface area contributed by atoms with Crippen molar-refractivity contribution < 1.29 is 14.1 Å². The fourth-order valence-corrected chi connectivity index (χ4v) is 3.00. The van der Waals surface area contributed by atoms with Gasteiger partial charge in [-0.3, -0.25) is 4.79 Å². The number of para-hydroxylation sites is 2. The quantitative estimate of drug-likeness (QED) is 0.531. The van der Waals surface area contributed by atoms with Crippen LogP contribution in [0.15, 0.2) is 51.7 Å². The van der Waals surface area contributed by atoms with Crippen molar-refractivity contribution >= 4 is 22.0 Å². The van der Waals surface area contributed by atoms with E-state index < -0.39 is 0 Å². The van der Waals surface area contributed by atoms with Gasteiger partial charge in [0.2, 0.25) is 5.43 Å². The standard InChI is InChI=1S/C18H14N2O3/c1-10-16(17(22)12-8-7-11(21)9-15(12)23-10)18-19-13-5-3-4-6-14(13)20(18)2/h3-9H,1-2H3,(H,21,22)/p+1. The Morgan fingerprint density at radius 1 is 1.17 bits per heavy atom. The first kappa shape index (κ1) is 13.6. The third kappa shape index (κ3) is 1.93. The molecule has 2 heterocycles. The second kappa shape index (κ2) is 4.71. The number of nitrogens with one attached hydrogen (secondary N) is 1. The molecule has 0 bridgehead atoms. The van der Waals surface area contributed by atoms with Crippen LogP contribution in [0.2, 0.25) is 0 Å². The lowest BCUT2D eigenvalue weighted by atomic mass is 10.1. The minimum atomic E-state index is -0.120. The zero-order valence-electron chi connectivity index (χ0n) is 12.8. The number of phenols is 1. The van der Waals surface area contributed by atoms with E-state index in [1.165, 1.54) is 12.1 Å². The fourth-order valence-electron chi connectivity index (χ4n) is 3.00. The minimum absolute atomic E-state index is 0.0731. The maximum Gasteiger partial charge on any atom is 0.294 e. The van der Waals surface area contributed by atoms with Gasteiger partial charge in [-0.15, -0.1) is 0 Å². The summed E-state index contributed by atoms with van der Waals surface area (Å²) in [4.78, 5) is 16.2. The van der Waals surface area contributed by atoms with E-state index in [1.807, 2.05) is 35.9 Å². The molecule has 0 amide bonds. The van der Waals surface area contributed by atoms with Crippen LogP contribution in [0.25, 0.3) is 33.4 Å². The van der Waals surface area contributed by atoms with Gasteiger partial charge in [-0.2, -0.15) is 0 Å². The van der Waals surface area contributed by atoms with Crippen LogP contribution in [0.1, 0.15) is 5.76 Å². The number of hydrogen-bond donors (Lipinski definition) is 2. The largest absolute Gasteiger partial charge is 0.508 e. The van der Waals surface area contributed by atoms with E-state index in [1.54, 1.807) is 13.0 Å². The van der Waals surface area contributed by atoms with Gasteiger partial charge in [0.1, 0.15) is 22.7 Å². The Balaban J connectivity index is 2.10. The number of aromatic amines is 1. The molecule has 0 unspecified atom stereocenters. The fraction of sp³-hybridized carbons (Fsp3) is 0.111. The van der Waals surface area contributed by atoms with Crippen LogP contribution in [0, 0.1) is 6.92 Å². The molecule has 0 radical (unpaired) electrons. The number of aromatic hydroxyl groups is 1. The molecule has 0 aliphatic rings. The van der Waals surface area contributed by atoms with Crippen molar-refractivity contribution in [2.75, 3.05) is 0 Å². The second-order valence-electron chi connectivity index (χ2n) is 5.59. The van der Waals surface area contributed by atoms with E-state index in [0.29, 0.717) is 28.1 Å². The number of benzene rings is 2. The Hall–Kier alpha value is -3.08. The van der Waals surface area contributed by atoms with Crippen molar-refractivity contribution in [1.82, 2.24) is 4.98 Å². The van der Waals surface area contributed by atoms with Gasteiger partial charge in [0.25, 0.3) is 5.82 Å². The summed E-state index contributed by atoms with van der Waals surface area (Å²) in [5, 5.41) is 10.0. The van der Waals surface area contributed by atoms with E-state index in [0.717, 1.165) is 11.0 Å². The summed E-state index contributed by atoms with van der Waals surface area (Å²) in [6.45, 7) is 1.76.